The van der Waals surface area contributed by atoms with Crippen molar-refractivity contribution in [3.63, 3.8) is 0 Å². The average Bonchev–Trinajstić information content (AvgIpc) is 2.50. The van der Waals surface area contributed by atoms with Gasteiger partial charge in [0, 0.05) is 32.4 Å². The van der Waals surface area contributed by atoms with Crippen LogP contribution in [0.1, 0.15) is 52.9 Å². The highest BCUT2D eigenvalue weighted by molar-refractivity contribution is 5.97. The van der Waals surface area contributed by atoms with Crippen molar-refractivity contribution < 1.29 is 4.79 Å². The van der Waals surface area contributed by atoms with Crippen LogP contribution in [0, 0.1) is 17.2 Å². The second-order valence-corrected chi connectivity index (χ2v) is 6.02. The van der Waals surface area contributed by atoms with Crippen LogP contribution in [0.3, 0.4) is 0 Å². The summed E-state index contributed by atoms with van der Waals surface area (Å²) >= 11 is 0. The Morgan fingerprint density at radius 3 is 2.48 bits per heavy atom. The lowest BCUT2D eigenvalue weighted by molar-refractivity contribution is -0.128. The molecule has 0 aromatic heterocycles. The summed E-state index contributed by atoms with van der Waals surface area (Å²) in [5, 5.41) is 9.33. The van der Waals surface area contributed by atoms with E-state index in [9.17, 15) is 10.1 Å². The first-order valence-electron chi connectivity index (χ1n) is 8.27. The topological polar surface area (TPSA) is 47.3 Å². The van der Waals surface area contributed by atoms with Gasteiger partial charge in [0.25, 0.3) is 5.91 Å². The highest BCUT2D eigenvalue weighted by atomic mass is 16.2. The number of amides is 1. The van der Waals surface area contributed by atoms with Crippen LogP contribution in [0.25, 0.3) is 0 Å². The van der Waals surface area contributed by atoms with Crippen molar-refractivity contribution >= 4 is 5.91 Å². The van der Waals surface area contributed by atoms with Crippen molar-refractivity contribution in [1.82, 2.24) is 9.80 Å². The molecular formula is C17H29N3O. The van der Waals surface area contributed by atoms with Crippen LogP contribution in [0.4, 0.5) is 0 Å². The van der Waals surface area contributed by atoms with E-state index in [1.807, 2.05) is 4.90 Å². The van der Waals surface area contributed by atoms with Crippen molar-refractivity contribution in [2.24, 2.45) is 5.92 Å². The predicted octanol–water partition coefficient (Wildman–Crippen LogP) is 3.16. The molecule has 21 heavy (non-hydrogen) atoms. The molecule has 0 unspecified atom stereocenters. The van der Waals surface area contributed by atoms with Crippen LogP contribution in [0.5, 0.6) is 0 Å². The van der Waals surface area contributed by atoms with E-state index < -0.39 is 0 Å². The summed E-state index contributed by atoms with van der Waals surface area (Å²) in [6, 6.07) is 2.10. The van der Waals surface area contributed by atoms with Gasteiger partial charge in [0.05, 0.1) is 0 Å². The van der Waals surface area contributed by atoms with Crippen LogP contribution < -0.4 is 0 Å². The fraction of sp³-hybridized carbons (Fsp3) is 0.765. The highest BCUT2D eigenvalue weighted by Gasteiger charge is 2.23. The molecule has 0 saturated carbocycles. The third-order valence-corrected chi connectivity index (χ3v) is 4.04. The van der Waals surface area contributed by atoms with Gasteiger partial charge in [-0.05, 0) is 31.6 Å². The van der Waals surface area contributed by atoms with E-state index in [4.69, 9.17) is 0 Å². The van der Waals surface area contributed by atoms with E-state index in [0.717, 1.165) is 58.3 Å². The molecule has 0 aliphatic carbocycles. The smallest absolute Gasteiger partial charge is 0.266 e. The van der Waals surface area contributed by atoms with Gasteiger partial charge >= 0.3 is 0 Å². The fourth-order valence-electron chi connectivity index (χ4n) is 2.59. The summed E-state index contributed by atoms with van der Waals surface area (Å²) < 4.78 is 0. The van der Waals surface area contributed by atoms with Gasteiger partial charge in [0.15, 0.2) is 0 Å². The number of hydrogen-bond donors (Lipinski definition) is 0. The standard InChI is InChI=1S/C17H29N3O/c1-4-6-10-19(9-5-2)14-16(13-18)17(21)20-11-7-15(3)8-12-20/h14-15H,4-12H2,1-3H3/b16-14-. The molecule has 0 aromatic carbocycles. The molecule has 0 atom stereocenters. The lowest BCUT2D eigenvalue weighted by Crippen LogP contribution is -2.39. The van der Waals surface area contributed by atoms with E-state index in [0.29, 0.717) is 5.92 Å². The summed E-state index contributed by atoms with van der Waals surface area (Å²) in [4.78, 5) is 16.4. The number of nitriles is 1. The zero-order chi connectivity index (χ0) is 15.7. The van der Waals surface area contributed by atoms with Crippen molar-refractivity contribution in [3.05, 3.63) is 11.8 Å². The number of nitrogens with zero attached hydrogens (tertiary/aromatic N) is 3. The minimum absolute atomic E-state index is 0.0954. The molecule has 0 spiro atoms. The molecule has 1 amide bonds. The predicted molar refractivity (Wildman–Crippen MR) is 85.4 cm³/mol. The van der Waals surface area contributed by atoms with E-state index in [1.54, 1.807) is 6.20 Å². The monoisotopic (exact) mass is 291 g/mol. The van der Waals surface area contributed by atoms with Gasteiger partial charge in [-0.2, -0.15) is 5.26 Å². The molecule has 118 valence electrons. The molecule has 1 saturated heterocycles. The van der Waals surface area contributed by atoms with Crippen molar-refractivity contribution in [2.45, 2.75) is 52.9 Å². The normalized spacial score (nSPS) is 16.7. The van der Waals surface area contributed by atoms with Gasteiger partial charge in [0.2, 0.25) is 0 Å². The number of carbonyl (C=O) groups is 1. The van der Waals surface area contributed by atoms with Crippen LogP contribution in [-0.2, 0) is 4.79 Å². The zero-order valence-corrected chi connectivity index (χ0v) is 13.8. The van der Waals surface area contributed by atoms with E-state index >= 15 is 0 Å². The first-order chi connectivity index (χ1) is 10.1. The Kier molecular flexibility index (Phi) is 7.89. The Labute approximate surface area is 129 Å². The molecular weight excluding hydrogens is 262 g/mol. The molecule has 1 aliphatic rings. The minimum Gasteiger partial charge on any atom is -0.376 e. The quantitative estimate of drug-likeness (QED) is 0.534. The molecule has 0 bridgehead atoms. The molecule has 4 heteroatoms. The SMILES string of the molecule is CCCCN(/C=C(/C#N)C(=O)N1CCC(C)CC1)CCC. The molecule has 1 fully saturated rings. The third kappa shape index (κ3) is 5.79. The van der Waals surface area contributed by atoms with Gasteiger partial charge in [-0.3, -0.25) is 4.79 Å². The molecule has 1 heterocycles. The Balaban J connectivity index is 2.71. The Morgan fingerprint density at radius 1 is 1.29 bits per heavy atom. The van der Waals surface area contributed by atoms with Gasteiger partial charge in [-0.15, -0.1) is 0 Å². The molecule has 1 rings (SSSR count). The van der Waals surface area contributed by atoms with Gasteiger partial charge in [0.1, 0.15) is 11.6 Å². The lowest BCUT2D eigenvalue weighted by atomic mass is 9.99. The summed E-state index contributed by atoms with van der Waals surface area (Å²) in [7, 11) is 0. The molecule has 0 radical (unpaired) electrons. The average molecular weight is 291 g/mol. The summed E-state index contributed by atoms with van der Waals surface area (Å²) in [6.45, 7) is 9.86. The second-order valence-electron chi connectivity index (χ2n) is 6.02. The molecule has 1 aliphatic heterocycles. The molecule has 0 N–H and O–H groups in total. The Bertz CT molecular complexity index is 389. The third-order valence-electron chi connectivity index (χ3n) is 4.04. The number of unbranched alkanes of at least 4 members (excludes halogenated alkanes) is 1. The minimum atomic E-state index is -0.0954. The second kappa shape index (κ2) is 9.44. The Hall–Kier alpha value is -1.50. The number of rotatable bonds is 7. The van der Waals surface area contributed by atoms with E-state index in [1.165, 1.54) is 0 Å². The lowest BCUT2D eigenvalue weighted by Gasteiger charge is -2.30. The number of likely N-dealkylation sites (tertiary alicyclic amines) is 1. The van der Waals surface area contributed by atoms with Crippen LogP contribution in [-0.4, -0.2) is 41.9 Å². The van der Waals surface area contributed by atoms with Crippen LogP contribution >= 0.6 is 0 Å². The number of carbonyl (C=O) groups excluding carboxylic acids is 1. The first-order valence-corrected chi connectivity index (χ1v) is 8.27. The maximum Gasteiger partial charge on any atom is 0.266 e. The highest BCUT2D eigenvalue weighted by Crippen LogP contribution is 2.18. The first kappa shape index (κ1) is 17.6. The van der Waals surface area contributed by atoms with Gasteiger partial charge in [-0.1, -0.05) is 27.2 Å². The number of hydrogen-bond acceptors (Lipinski definition) is 3. The Morgan fingerprint density at radius 2 is 1.95 bits per heavy atom. The van der Waals surface area contributed by atoms with Crippen molar-refractivity contribution in [3.8, 4) is 6.07 Å². The van der Waals surface area contributed by atoms with Crippen molar-refractivity contribution in [1.29, 1.82) is 5.26 Å². The van der Waals surface area contributed by atoms with E-state index in [-0.39, 0.29) is 11.5 Å². The van der Waals surface area contributed by atoms with Crippen LogP contribution in [0.15, 0.2) is 11.8 Å². The van der Waals surface area contributed by atoms with Crippen LogP contribution in [0.2, 0.25) is 0 Å². The van der Waals surface area contributed by atoms with Gasteiger partial charge < -0.3 is 9.80 Å². The molecule has 0 aromatic rings. The summed E-state index contributed by atoms with van der Waals surface area (Å²) in [5.74, 6) is 0.590. The summed E-state index contributed by atoms with van der Waals surface area (Å²) in [6.07, 6.45) is 7.09. The van der Waals surface area contributed by atoms with E-state index in [2.05, 4.69) is 31.7 Å². The zero-order valence-electron chi connectivity index (χ0n) is 13.8. The van der Waals surface area contributed by atoms with Crippen molar-refractivity contribution in [2.75, 3.05) is 26.2 Å². The maximum atomic E-state index is 12.5. The largest absolute Gasteiger partial charge is 0.376 e. The molecule has 4 nitrogen and oxygen atoms in total. The number of piperidine rings is 1. The van der Waals surface area contributed by atoms with Gasteiger partial charge in [-0.25, -0.2) is 0 Å². The summed E-state index contributed by atoms with van der Waals surface area (Å²) in [5.41, 5.74) is 0.286. The maximum absolute atomic E-state index is 12.5. The fourth-order valence-corrected chi connectivity index (χ4v) is 2.59.